The van der Waals surface area contributed by atoms with E-state index in [1.165, 1.54) is 11.4 Å². The van der Waals surface area contributed by atoms with Crippen molar-refractivity contribution < 1.29 is 18.3 Å². The minimum Gasteiger partial charge on any atom is -0.473 e. The third kappa shape index (κ3) is 9.21. The average Bonchev–Trinajstić information content (AvgIpc) is 4.14. The summed E-state index contributed by atoms with van der Waals surface area (Å²) in [4.78, 5) is 28.9. The molecule has 1 saturated carbocycles. The van der Waals surface area contributed by atoms with Crippen LogP contribution in [0.1, 0.15) is 118 Å². The number of carbonyl (C=O) groups excluding carboxylic acids is 1. The van der Waals surface area contributed by atoms with E-state index in [1.807, 2.05) is 29.2 Å². The highest BCUT2D eigenvalue weighted by Gasteiger charge is 2.45. The molecule has 4 aromatic heterocycles. The normalized spacial score (nSPS) is 22.4. The molecule has 74 heavy (non-hydrogen) atoms. The molecular weight excluding hydrogens is 937 g/mol. The number of amides is 1. The Kier molecular flexibility index (Phi) is 13.0. The minimum absolute atomic E-state index is 0.000239. The Labute approximate surface area is 432 Å². The van der Waals surface area contributed by atoms with Crippen LogP contribution in [-0.4, -0.2) is 115 Å². The van der Waals surface area contributed by atoms with Gasteiger partial charge in [0.15, 0.2) is 11.6 Å². The molecule has 9 heterocycles. The number of anilines is 4. The third-order valence-corrected chi connectivity index (χ3v) is 17.6. The lowest BCUT2D eigenvalue weighted by atomic mass is 9.77. The van der Waals surface area contributed by atoms with E-state index < -0.39 is 6.43 Å². The molecule has 2 aromatic carbocycles. The second-order valence-electron chi connectivity index (χ2n) is 22.2. The first-order valence-corrected chi connectivity index (χ1v) is 27.1. The summed E-state index contributed by atoms with van der Waals surface area (Å²) in [6.45, 7) is 11.7. The number of pyridine rings is 1. The van der Waals surface area contributed by atoms with E-state index in [2.05, 4.69) is 75.8 Å². The number of halogens is 2. The molecule has 0 N–H and O–H groups in total. The van der Waals surface area contributed by atoms with E-state index in [4.69, 9.17) is 9.84 Å². The van der Waals surface area contributed by atoms with Gasteiger partial charge in [0.25, 0.3) is 6.43 Å². The summed E-state index contributed by atoms with van der Waals surface area (Å²) in [7, 11) is 1.80. The molecule has 1 atom stereocenters. The van der Waals surface area contributed by atoms with Crippen molar-refractivity contribution in [2.45, 2.75) is 122 Å². The van der Waals surface area contributed by atoms with E-state index in [0.717, 1.165) is 156 Å². The van der Waals surface area contributed by atoms with Crippen LogP contribution in [0.5, 0.6) is 5.88 Å². The lowest BCUT2D eigenvalue weighted by Crippen LogP contribution is -2.42. The zero-order chi connectivity index (χ0) is 50.7. The molecule has 386 valence electrons. The standard InChI is InChI=1S/C57H67F2N13O2/c1-37-30-57(36-71(37)49-13-10-41(31-60)54-45(49)7-4-21-61-54)19-26-68(27-20-57)52-14-15-53(64-63-52)74-44-11-8-39(9-12-44)33-67-23-16-43(17-24-67)72-50-18-25-69(38(2)73)35-48(50)56(65-72)70-22-5-6-40-28-46(42-32-62-66(3)34-42)47(55(58)59)29-51(40)70/h4,7,10,13-15,21,28-29,32,34,37,39,43-44,55H,5-6,8-9,11-12,16-20,22-27,30,33,35-36H2,1-3H3/t37-,39?,44?/m0/s1. The number of aromatic nitrogens is 7. The summed E-state index contributed by atoms with van der Waals surface area (Å²) in [5, 5.41) is 29.6. The van der Waals surface area contributed by atoms with Crippen LogP contribution in [0.2, 0.25) is 0 Å². The van der Waals surface area contributed by atoms with E-state index >= 15 is 0 Å². The van der Waals surface area contributed by atoms with Crippen molar-refractivity contribution in [2.24, 2.45) is 18.4 Å². The summed E-state index contributed by atoms with van der Waals surface area (Å²) in [5.41, 5.74) is 8.07. The summed E-state index contributed by atoms with van der Waals surface area (Å²) >= 11 is 0. The molecule has 0 bridgehead atoms. The lowest BCUT2D eigenvalue weighted by molar-refractivity contribution is -0.129. The Morgan fingerprint density at radius 1 is 0.946 bits per heavy atom. The minimum atomic E-state index is -2.65. The number of carbonyl (C=O) groups is 1. The van der Waals surface area contributed by atoms with Crippen LogP contribution in [0.15, 0.2) is 67.1 Å². The average molecular weight is 1000 g/mol. The monoisotopic (exact) mass is 1000 g/mol. The SMILES string of the molecule is CC(=O)N1CCc2c(c(N3CCCc4cc(-c5cnn(C)c5)c(C(F)F)cc43)nn2C2CCN(CC3CCC(Oc4ccc(N5CCC6(CC5)C[C@H](C)N(c5ccc(C#N)c7ncccc57)C6)nn4)CC3)CC2)C1. The number of piperidine rings is 2. The highest BCUT2D eigenvalue weighted by Crippen LogP contribution is 2.48. The summed E-state index contributed by atoms with van der Waals surface area (Å²) in [5.74, 6) is 2.98. The highest BCUT2D eigenvalue weighted by atomic mass is 19.3. The predicted molar refractivity (Wildman–Crippen MR) is 281 cm³/mol. The van der Waals surface area contributed by atoms with Crippen LogP contribution in [0, 0.1) is 22.7 Å². The van der Waals surface area contributed by atoms with Gasteiger partial charge in [0, 0.05) is 136 Å². The van der Waals surface area contributed by atoms with Gasteiger partial charge in [-0.3, -0.25) is 19.1 Å². The van der Waals surface area contributed by atoms with Gasteiger partial charge in [0.1, 0.15) is 12.2 Å². The molecule has 12 rings (SSSR count). The number of benzene rings is 2. The smallest absolute Gasteiger partial charge is 0.264 e. The molecule has 15 nitrogen and oxygen atoms in total. The molecule has 0 radical (unpaired) electrons. The predicted octanol–water partition coefficient (Wildman–Crippen LogP) is 9.58. The van der Waals surface area contributed by atoms with Crippen molar-refractivity contribution in [3.05, 3.63) is 95.1 Å². The Bertz CT molecular complexity index is 3070. The highest BCUT2D eigenvalue weighted by molar-refractivity contribution is 5.95. The summed E-state index contributed by atoms with van der Waals surface area (Å²) in [6.07, 6.45) is 14.7. The quantitative estimate of drug-likeness (QED) is 0.129. The van der Waals surface area contributed by atoms with Gasteiger partial charge in [-0.25, -0.2) is 8.78 Å². The van der Waals surface area contributed by atoms with Crippen molar-refractivity contribution in [3.63, 3.8) is 0 Å². The number of nitriles is 1. The number of nitrogens with zero attached hydrogens (tertiary/aromatic N) is 13. The molecule has 3 saturated heterocycles. The van der Waals surface area contributed by atoms with Crippen molar-refractivity contribution >= 4 is 39.8 Å². The van der Waals surface area contributed by atoms with Crippen LogP contribution >= 0.6 is 0 Å². The number of alkyl halides is 2. The van der Waals surface area contributed by atoms with Crippen molar-refractivity contribution in [2.75, 3.05) is 67.1 Å². The van der Waals surface area contributed by atoms with E-state index in [0.29, 0.717) is 54.2 Å². The van der Waals surface area contributed by atoms with Gasteiger partial charge >= 0.3 is 0 Å². The number of aryl methyl sites for hydroxylation is 2. The molecule has 1 amide bonds. The van der Waals surface area contributed by atoms with Crippen LogP contribution in [0.3, 0.4) is 0 Å². The number of fused-ring (bicyclic) bond motifs is 3. The summed E-state index contributed by atoms with van der Waals surface area (Å²) in [6, 6.07) is 18.7. The largest absolute Gasteiger partial charge is 0.473 e. The molecule has 5 aliphatic heterocycles. The molecule has 17 heteroatoms. The van der Waals surface area contributed by atoms with Crippen LogP contribution in [0.25, 0.3) is 22.0 Å². The molecule has 1 aliphatic carbocycles. The van der Waals surface area contributed by atoms with Gasteiger partial charge in [-0.2, -0.15) is 15.5 Å². The van der Waals surface area contributed by atoms with E-state index in [-0.39, 0.29) is 29.0 Å². The first-order chi connectivity index (χ1) is 36.0. The molecule has 1 spiro atoms. The fourth-order valence-electron chi connectivity index (χ4n) is 13.6. The van der Waals surface area contributed by atoms with Gasteiger partial charge in [0.2, 0.25) is 11.8 Å². The van der Waals surface area contributed by atoms with Gasteiger partial charge < -0.3 is 29.2 Å². The summed E-state index contributed by atoms with van der Waals surface area (Å²) < 4.78 is 40.0. The maximum Gasteiger partial charge on any atom is 0.264 e. The van der Waals surface area contributed by atoms with Crippen LogP contribution in [-0.2, 0) is 31.2 Å². The van der Waals surface area contributed by atoms with Crippen molar-refractivity contribution in [1.29, 1.82) is 5.26 Å². The van der Waals surface area contributed by atoms with Gasteiger partial charge in [-0.15, -0.1) is 10.2 Å². The zero-order valence-corrected chi connectivity index (χ0v) is 43.0. The van der Waals surface area contributed by atoms with Crippen molar-refractivity contribution in [3.8, 4) is 23.1 Å². The second-order valence-corrected chi connectivity index (χ2v) is 22.2. The Morgan fingerprint density at radius 2 is 1.77 bits per heavy atom. The van der Waals surface area contributed by atoms with E-state index in [1.54, 1.807) is 43.3 Å². The van der Waals surface area contributed by atoms with Gasteiger partial charge in [0.05, 0.1) is 29.9 Å². The number of likely N-dealkylation sites (tertiary alicyclic amines) is 1. The fraction of sp³-hybridized carbons (Fsp3) is 0.526. The second kappa shape index (κ2) is 19.9. The molecule has 4 fully saturated rings. The number of rotatable bonds is 10. The van der Waals surface area contributed by atoms with Crippen LogP contribution in [0.4, 0.5) is 31.8 Å². The third-order valence-electron chi connectivity index (χ3n) is 17.6. The Morgan fingerprint density at radius 3 is 2.50 bits per heavy atom. The molecule has 0 unspecified atom stereocenters. The fourth-order valence-corrected chi connectivity index (χ4v) is 13.6. The number of hydrogen-bond donors (Lipinski definition) is 0. The maximum absolute atomic E-state index is 14.8. The first-order valence-electron chi connectivity index (χ1n) is 27.1. The topological polar surface area (TPSA) is 141 Å². The molecule has 6 aliphatic rings. The van der Waals surface area contributed by atoms with Crippen LogP contribution < -0.4 is 19.4 Å². The molecule has 6 aromatic rings. The zero-order valence-electron chi connectivity index (χ0n) is 43.0. The van der Waals surface area contributed by atoms with E-state index in [9.17, 15) is 18.8 Å². The Hall–Kier alpha value is -6.67. The van der Waals surface area contributed by atoms with Gasteiger partial charge in [-0.1, -0.05) is 0 Å². The maximum atomic E-state index is 14.8. The van der Waals surface area contributed by atoms with Gasteiger partial charge in [-0.05, 0) is 142 Å². The first kappa shape index (κ1) is 48.3. The van der Waals surface area contributed by atoms with Crippen molar-refractivity contribution in [1.82, 2.24) is 44.5 Å². The Balaban J connectivity index is 0.636. The lowest BCUT2D eigenvalue weighted by Gasteiger charge is -2.39. The molecular formula is C57H67F2N13O2. The number of ether oxygens (including phenoxy) is 1. The number of hydrogen-bond acceptors (Lipinski definition) is 12.